The lowest BCUT2D eigenvalue weighted by Crippen LogP contribution is -2.36. The number of nitrogens with one attached hydrogen (secondary N) is 1. The van der Waals surface area contributed by atoms with Crippen LogP contribution in [0.15, 0.2) is 65.6 Å². The van der Waals surface area contributed by atoms with Crippen molar-refractivity contribution in [3.05, 3.63) is 82.9 Å². The highest BCUT2D eigenvalue weighted by Gasteiger charge is 2.39. The van der Waals surface area contributed by atoms with Crippen LogP contribution in [-0.4, -0.2) is 32.6 Å². The molecule has 4 rings (SSSR count). The molecule has 0 fully saturated rings. The molecule has 10 heteroatoms. The number of aryl methyl sites for hydroxylation is 1. The van der Waals surface area contributed by atoms with E-state index in [9.17, 15) is 26.4 Å². The summed E-state index contributed by atoms with van der Waals surface area (Å²) in [6.07, 6.45) is -3.96. The largest absolute Gasteiger partial charge is 0.496 e. The van der Waals surface area contributed by atoms with E-state index in [4.69, 9.17) is 9.84 Å². The number of rotatable bonds is 8. The number of carbonyl (C=O) groups is 1. The van der Waals surface area contributed by atoms with Gasteiger partial charge in [0.25, 0.3) is 0 Å². The zero-order chi connectivity index (χ0) is 26.1. The number of ether oxygens (including phenoxy) is 1. The lowest BCUT2D eigenvalue weighted by Gasteiger charge is -2.18. The van der Waals surface area contributed by atoms with E-state index in [1.807, 2.05) is 12.1 Å². The molecular formula is C26H24F3NO5S. The Bertz CT molecular complexity index is 1400. The maximum absolute atomic E-state index is 14.0. The Morgan fingerprint density at radius 3 is 2.47 bits per heavy atom. The SMILES string of the molecule is COc1ccccc1-c1ccc(S(=O)(=O)NC2Cc3ccc(CCC(=O)O)cc3C2)c(C(F)(F)F)c1. The molecule has 190 valence electrons. The standard InChI is InChI=1S/C26H24F3NO5S/c1-35-23-5-3-2-4-21(23)18-9-10-24(22(15-18)26(27,28)29)36(33,34)30-20-13-17-8-6-16(7-11-25(31)32)12-19(17)14-20/h2-6,8-10,12,15,20,30H,7,11,13-14H2,1H3,(H,31,32). The van der Waals surface area contributed by atoms with E-state index in [1.165, 1.54) is 13.2 Å². The summed E-state index contributed by atoms with van der Waals surface area (Å²) in [5, 5.41) is 8.87. The molecule has 1 unspecified atom stereocenters. The van der Waals surface area contributed by atoms with Crippen LogP contribution in [0.1, 0.15) is 28.7 Å². The fourth-order valence-corrected chi connectivity index (χ4v) is 5.92. The second-order valence-corrected chi connectivity index (χ2v) is 10.3. The van der Waals surface area contributed by atoms with Gasteiger partial charge in [-0.05, 0) is 59.7 Å². The second kappa shape index (κ2) is 9.94. The van der Waals surface area contributed by atoms with Crippen LogP contribution in [0.2, 0.25) is 0 Å². The number of carboxylic acid groups (broad SMARTS) is 1. The molecule has 3 aromatic carbocycles. The quantitative estimate of drug-likeness (QED) is 0.444. The number of halogens is 3. The first-order valence-electron chi connectivity index (χ1n) is 11.2. The average molecular weight is 520 g/mol. The number of hydrogen-bond donors (Lipinski definition) is 2. The van der Waals surface area contributed by atoms with E-state index < -0.39 is 38.7 Å². The fraction of sp³-hybridized carbons (Fsp3) is 0.269. The Morgan fingerprint density at radius 1 is 1.06 bits per heavy atom. The predicted octanol–water partition coefficient (Wildman–Crippen LogP) is 4.84. The van der Waals surface area contributed by atoms with Crippen LogP contribution < -0.4 is 9.46 Å². The minimum Gasteiger partial charge on any atom is -0.496 e. The van der Waals surface area contributed by atoms with Crippen LogP contribution in [0.25, 0.3) is 11.1 Å². The number of carboxylic acids is 1. The van der Waals surface area contributed by atoms with Crippen LogP contribution >= 0.6 is 0 Å². The van der Waals surface area contributed by atoms with Gasteiger partial charge in [-0.25, -0.2) is 13.1 Å². The second-order valence-electron chi connectivity index (χ2n) is 8.63. The van der Waals surface area contributed by atoms with Gasteiger partial charge in [0, 0.05) is 18.0 Å². The van der Waals surface area contributed by atoms with Crippen molar-refractivity contribution in [3.63, 3.8) is 0 Å². The first kappa shape index (κ1) is 25.7. The highest BCUT2D eigenvalue weighted by molar-refractivity contribution is 7.89. The third-order valence-corrected chi connectivity index (χ3v) is 7.72. The molecule has 36 heavy (non-hydrogen) atoms. The first-order valence-corrected chi connectivity index (χ1v) is 12.7. The summed E-state index contributed by atoms with van der Waals surface area (Å²) in [6, 6.07) is 14.5. The minimum atomic E-state index is -4.90. The Kier molecular flexibility index (Phi) is 7.10. The zero-order valence-corrected chi connectivity index (χ0v) is 20.1. The van der Waals surface area contributed by atoms with Crippen molar-refractivity contribution in [3.8, 4) is 16.9 Å². The summed E-state index contributed by atoms with van der Waals surface area (Å²) in [7, 11) is -3.10. The molecule has 0 spiro atoms. The van der Waals surface area contributed by atoms with E-state index in [0.717, 1.165) is 28.8 Å². The Hall–Kier alpha value is -3.37. The van der Waals surface area contributed by atoms with Gasteiger partial charge >= 0.3 is 12.1 Å². The number of benzene rings is 3. The molecule has 2 N–H and O–H groups in total. The predicted molar refractivity (Wildman–Crippen MR) is 127 cm³/mol. The molecule has 1 aliphatic carbocycles. The summed E-state index contributed by atoms with van der Waals surface area (Å²) in [6.45, 7) is 0. The van der Waals surface area contributed by atoms with Gasteiger partial charge in [0.2, 0.25) is 10.0 Å². The molecule has 0 aromatic heterocycles. The summed E-state index contributed by atoms with van der Waals surface area (Å²) in [4.78, 5) is 9.98. The summed E-state index contributed by atoms with van der Waals surface area (Å²) in [5.74, 6) is -0.552. The number of sulfonamides is 1. The van der Waals surface area contributed by atoms with Crippen molar-refractivity contribution in [1.82, 2.24) is 4.72 Å². The Labute approximate surface area is 206 Å². The van der Waals surface area contributed by atoms with Crippen LogP contribution in [0.4, 0.5) is 13.2 Å². The number of hydrogen-bond acceptors (Lipinski definition) is 4. The maximum Gasteiger partial charge on any atom is 0.417 e. The van der Waals surface area contributed by atoms with Gasteiger partial charge in [0.1, 0.15) is 5.75 Å². The number of methoxy groups -OCH3 is 1. The van der Waals surface area contributed by atoms with Gasteiger partial charge in [-0.3, -0.25) is 4.79 Å². The van der Waals surface area contributed by atoms with Gasteiger partial charge in [-0.2, -0.15) is 13.2 Å². The molecule has 0 saturated heterocycles. The minimum absolute atomic E-state index is 0.0279. The van der Waals surface area contributed by atoms with Crippen LogP contribution in [0.5, 0.6) is 5.75 Å². The highest BCUT2D eigenvalue weighted by atomic mass is 32.2. The molecular weight excluding hydrogens is 495 g/mol. The molecule has 0 radical (unpaired) electrons. The fourth-order valence-electron chi connectivity index (χ4n) is 4.48. The molecule has 1 atom stereocenters. The molecule has 0 amide bonds. The smallest absolute Gasteiger partial charge is 0.417 e. The lowest BCUT2D eigenvalue weighted by atomic mass is 10.0. The van der Waals surface area contributed by atoms with Crippen molar-refractivity contribution < 1.29 is 36.2 Å². The van der Waals surface area contributed by atoms with Gasteiger partial charge < -0.3 is 9.84 Å². The van der Waals surface area contributed by atoms with Crippen LogP contribution in [0, 0.1) is 0 Å². The van der Waals surface area contributed by atoms with Crippen molar-refractivity contribution in [2.45, 2.75) is 42.8 Å². The van der Waals surface area contributed by atoms with E-state index in [0.29, 0.717) is 30.6 Å². The third kappa shape index (κ3) is 5.55. The number of alkyl halides is 3. The first-order chi connectivity index (χ1) is 17.0. The van der Waals surface area contributed by atoms with E-state index >= 15 is 0 Å². The summed E-state index contributed by atoms with van der Waals surface area (Å²) < 4.78 is 75.9. The molecule has 0 heterocycles. The topological polar surface area (TPSA) is 92.7 Å². The number of para-hydroxylation sites is 1. The maximum atomic E-state index is 14.0. The van der Waals surface area contributed by atoms with Crippen molar-refractivity contribution in [1.29, 1.82) is 0 Å². The van der Waals surface area contributed by atoms with Gasteiger partial charge in [0.05, 0.1) is 17.6 Å². The monoisotopic (exact) mass is 519 g/mol. The van der Waals surface area contributed by atoms with Crippen LogP contribution in [0.3, 0.4) is 0 Å². The molecule has 0 aliphatic heterocycles. The van der Waals surface area contributed by atoms with Gasteiger partial charge in [0.15, 0.2) is 0 Å². The molecule has 3 aromatic rings. The number of fused-ring (bicyclic) bond motifs is 1. The van der Waals surface area contributed by atoms with E-state index in [-0.39, 0.29) is 12.0 Å². The molecule has 1 aliphatic rings. The average Bonchev–Trinajstić information content (AvgIpc) is 3.22. The lowest BCUT2D eigenvalue weighted by molar-refractivity contribution is -0.140. The zero-order valence-electron chi connectivity index (χ0n) is 19.3. The highest BCUT2D eigenvalue weighted by Crippen LogP contribution is 2.39. The third-order valence-electron chi connectivity index (χ3n) is 6.15. The molecule has 0 bridgehead atoms. The number of aliphatic carboxylic acids is 1. The van der Waals surface area contributed by atoms with Crippen LogP contribution in [-0.2, 0) is 40.3 Å². The van der Waals surface area contributed by atoms with Crippen molar-refractivity contribution in [2.24, 2.45) is 0 Å². The van der Waals surface area contributed by atoms with Gasteiger partial charge in [-0.15, -0.1) is 0 Å². The van der Waals surface area contributed by atoms with Gasteiger partial charge in [-0.1, -0.05) is 42.5 Å². The van der Waals surface area contributed by atoms with E-state index in [2.05, 4.69) is 4.72 Å². The normalized spacial score (nSPS) is 15.5. The van der Waals surface area contributed by atoms with Crippen molar-refractivity contribution in [2.75, 3.05) is 7.11 Å². The molecule has 0 saturated carbocycles. The Morgan fingerprint density at radius 2 is 1.78 bits per heavy atom. The van der Waals surface area contributed by atoms with E-state index in [1.54, 1.807) is 30.3 Å². The Balaban J connectivity index is 1.60. The summed E-state index contributed by atoms with van der Waals surface area (Å²) in [5.41, 5.74) is 1.88. The summed E-state index contributed by atoms with van der Waals surface area (Å²) >= 11 is 0. The van der Waals surface area contributed by atoms with Crippen molar-refractivity contribution >= 4 is 16.0 Å². The molecule has 6 nitrogen and oxygen atoms in total.